The van der Waals surface area contributed by atoms with Crippen molar-refractivity contribution in [2.24, 2.45) is 0 Å². The zero-order valence-electron chi connectivity index (χ0n) is 8.07. The van der Waals surface area contributed by atoms with Crippen LogP contribution in [-0.2, 0) is 0 Å². The SMILES string of the molecule is C=C[C@H](CCC)Oc1ccccc1. The third-order valence-corrected chi connectivity index (χ3v) is 1.87. The summed E-state index contributed by atoms with van der Waals surface area (Å²) in [7, 11) is 0. The second kappa shape index (κ2) is 5.41. The van der Waals surface area contributed by atoms with E-state index in [2.05, 4.69) is 13.5 Å². The molecular weight excluding hydrogens is 160 g/mol. The van der Waals surface area contributed by atoms with Crippen LogP contribution in [0.25, 0.3) is 0 Å². The monoisotopic (exact) mass is 176 g/mol. The highest BCUT2D eigenvalue weighted by atomic mass is 16.5. The second-order valence-electron chi connectivity index (χ2n) is 2.99. The van der Waals surface area contributed by atoms with Crippen LogP contribution < -0.4 is 4.74 Å². The molecule has 0 fully saturated rings. The molecule has 0 bridgehead atoms. The fraction of sp³-hybridized carbons (Fsp3) is 0.333. The van der Waals surface area contributed by atoms with Crippen molar-refractivity contribution in [2.45, 2.75) is 25.9 Å². The van der Waals surface area contributed by atoms with Crippen molar-refractivity contribution in [3.63, 3.8) is 0 Å². The molecule has 0 aliphatic rings. The maximum absolute atomic E-state index is 5.69. The molecule has 13 heavy (non-hydrogen) atoms. The molecule has 1 nitrogen and oxygen atoms in total. The van der Waals surface area contributed by atoms with Crippen molar-refractivity contribution < 1.29 is 4.74 Å². The molecule has 1 rings (SSSR count). The van der Waals surface area contributed by atoms with Crippen LogP contribution in [0.1, 0.15) is 19.8 Å². The normalized spacial score (nSPS) is 12.1. The third kappa shape index (κ3) is 3.32. The van der Waals surface area contributed by atoms with Gasteiger partial charge in [0.25, 0.3) is 0 Å². The van der Waals surface area contributed by atoms with E-state index in [1.807, 2.05) is 36.4 Å². The molecule has 1 heteroatoms. The van der Waals surface area contributed by atoms with Gasteiger partial charge in [-0.3, -0.25) is 0 Å². The van der Waals surface area contributed by atoms with Crippen molar-refractivity contribution in [1.82, 2.24) is 0 Å². The Bertz CT molecular complexity index is 241. The summed E-state index contributed by atoms with van der Waals surface area (Å²) >= 11 is 0. The summed E-state index contributed by atoms with van der Waals surface area (Å²) in [4.78, 5) is 0. The smallest absolute Gasteiger partial charge is 0.120 e. The summed E-state index contributed by atoms with van der Waals surface area (Å²) in [6, 6.07) is 9.86. The Morgan fingerprint density at radius 3 is 2.62 bits per heavy atom. The maximum Gasteiger partial charge on any atom is 0.120 e. The number of rotatable bonds is 5. The fourth-order valence-corrected chi connectivity index (χ4v) is 1.18. The van der Waals surface area contributed by atoms with E-state index >= 15 is 0 Å². The molecule has 0 aliphatic carbocycles. The Hall–Kier alpha value is -1.24. The zero-order valence-corrected chi connectivity index (χ0v) is 8.07. The molecular formula is C12H16O. The lowest BCUT2D eigenvalue weighted by atomic mass is 10.2. The Balaban J connectivity index is 2.51. The van der Waals surface area contributed by atoms with Gasteiger partial charge in [0, 0.05) is 0 Å². The van der Waals surface area contributed by atoms with Crippen LogP contribution in [0.15, 0.2) is 43.0 Å². The molecule has 0 heterocycles. The molecule has 0 saturated carbocycles. The minimum absolute atomic E-state index is 0.146. The van der Waals surface area contributed by atoms with Gasteiger partial charge in [0.15, 0.2) is 0 Å². The van der Waals surface area contributed by atoms with Gasteiger partial charge in [-0.05, 0) is 18.6 Å². The lowest BCUT2D eigenvalue weighted by molar-refractivity contribution is 0.238. The van der Waals surface area contributed by atoms with E-state index in [-0.39, 0.29) is 6.10 Å². The van der Waals surface area contributed by atoms with Gasteiger partial charge < -0.3 is 4.74 Å². The molecule has 0 saturated heterocycles. The first kappa shape index (κ1) is 9.85. The number of para-hydroxylation sites is 1. The van der Waals surface area contributed by atoms with Crippen LogP contribution in [0.2, 0.25) is 0 Å². The molecule has 0 radical (unpaired) electrons. The van der Waals surface area contributed by atoms with Gasteiger partial charge >= 0.3 is 0 Å². The standard InChI is InChI=1S/C12H16O/c1-3-8-11(4-2)13-12-9-6-5-7-10-12/h4-7,9-11H,2-3,8H2,1H3/t11-/m1/s1. The second-order valence-corrected chi connectivity index (χ2v) is 2.99. The van der Waals surface area contributed by atoms with Crippen molar-refractivity contribution in [3.8, 4) is 5.75 Å². The van der Waals surface area contributed by atoms with Gasteiger partial charge in [0.05, 0.1) is 0 Å². The van der Waals surface area contributed by atoms with E-state index in [0.717, 1.165) is 18.6 Å². The van der Waals surface area contributed by atoms with Crippen LogP contribution in [0.4, 0.5) is 0 Å². The minimum Gasteiger partial charge on any atom is -0.486 e. The molecule has 0 amide bonds. The van der Waals surface area contributed by atoms with Crippen LogP contribution in [0.5, 0.6) is 5.75 Å². The van der Waals surface area contributed by atoms with Crippen molar-refractivity contribution in [1.29, 1.82) is 0 Å². The van der Waals surface area contributed by atoms with Crippen LogP contribution in [0.3, 0.4) is 0 Å². The van der Waals surface area contributed by atoms with Crippen molar-refractivity contribution >= 4 is 0 Å². The van der Waals surface area contributed by atoms with Crippen molar-refractivity contribution in [3.05, 3.63) is 43.0 Å². The van der Waals surface area contributed by atoms with Gasteiger partial charge in [-0.25, -0.2) is 0 Å². The maximum atomic E-state index is 5.69. The van der Waals surface area contributed by atoms with E-state index in [0.29, 0.717) is 0 Å². The number of hydrogen-bond acceptors (Lipinski definition) is 1. The van der Waals surface area contributed by atoms with E-state index in [1.54, 1.807) is 0 Å². The molecule has 0 aromatic heterocycles. The first-order valence-corrected chi connectivity index (χ1v) is 4.71. The van der Waals surface area contributed by atoms with Crippen LogP contribution in [0, 0.1) is 0 Å². The predicted octanol–water partition coefficient (Wildman–Crippen LogP) is 3.42. The summed E-state index contributed by atoms with van der Waals surface area (Å²) in [6.45, 7) is 5.89. The Morgan fingerprint density at radius 1 is 1.38 bits per heavy atom. The summed E-state index contributed by atoms with van der Waals surface area (Å²) in [5.41, 5.74) is 0. The van der Waals surface area contributed by atoms with E-state index < -0.39 is 0 Å². The largest absolute Gasteiger partial charge is 0.486 e. The summed E-state index contributed by atoms with van der Waals surface area (Å²) in [5, 5.41) is 0. The van der Waals surface area contributed by atoms with Gasteiger partial charge in [-0.1, -0.05) is 44.2 Å². The van der Waals surface area contributed by atoms with Gasteiger partial charge in [-0.15, -0.1) is 0 Å². The summed E-state index contributed by atoms with van der Waals surface area (Å²) in [5.74, 6) is 0.917. The van der Waals surface area contributed by atoms with Crippen LogP contribution >= 0.6 is 0 Å². The number of ether oxygens (including phenoxy) is 1. The van der Waals surface area contributed by atoms with Gasteiger partial charge in [-0.2, -0.15) is 0 Å². The molecule has 1 aromatic carbocycles. The average Bonchev–Trinajstić information content (AvgIpc) is 2.19. The molecule has 70 valence electrons. The van der Waals surface area contributed by atoms with Crippen molar-refractivity contribution in [2.75, 3.05) is 0 Å². The summed E-state index contributed by atoms with van der Waals surface area (Å²) < 4.78 is 5.69. The predicted molar refractivity (Wildman–Crippen MR) is 56.0 cm³/mol. The Kier molecular flexibility index (Phi) is 4.10. The first-order valence-electron chi connectivity index (χ1n) is 4.71. The molecule has 0 N–H and O–H groups in total. The minimum atomic E-state index is 0.146. The van der Waals surface area contributed by atoms with Crippen LogP contribution in [-0.4, -0.2) is 6.10 Å². The third-order valence-electron chi connectivity index (χ3n) is 1.87. The highest BCUT2D eigenvalue weighted by molar-refractivity contribution is 5.21. The molecule has 0 aliphatic heterocycles. The zero-order chi connectivity index (χ0) is 9.52. The molecule has 0 spiro atoms. The molecule has 0 unspecified atom stereocenters. The lowest BCUT2D eigenvalue weighted by Crippen LogP contribution is -2.12. The van der Waals surface area contributed by atoms with Gasteiger partial charge in [0.2, 0.25) is 0 Å². The Morgan fingerprint density at radius 2 is 2.08 bits per heavy atom. The number of hydrogen-bond donors (Lipinski definition) is 0. The summed E-state index contributed by atoms with van der Waals surface area (Å²) in [6.07, 6.45) is 4.14. The fourth-order valence-electron chi connectivity index (χ4n) is 1.18. The van der Waals surface area contributed by atoms with E-state index in [9.17, 15) is 0 Å². The topological polar surface area (TPSA) is 9.23 Å². The highest BCUT2D eigenvalue weighted by Crippen LogP contribution is 2.13. The molecule has 1 aromatic rings. The first-order chi connectivity index (χ1) is 6.36. The van der Waals surface area contributed by atoms with E-state index in [4.69, 9.17) is 4.74 Å². The Labute approximate surface area is 80.0 Å². The molecule has 1 atom stereocenters. The average molecular weight is 176 g/mol. The highest BCUT2D eigenvalue weighted by Gasteiger charge is 2.02. The number of benzene rings is 1. The lowest BCUT2D eigenvalue weighted by Gasteiger charge is -2.14. The van der Waals surface area contributed by atoms with Gasteiger partial charge in [0.1, 0.15) is 11.9 Å². The quantitative estimate of drug-likeness (QED) is 0.624. The van der Waals surface area contributed by atoms with E-state index in [1.165, 1.54) is 0 Å².